The van der Waals surface area contributed by atoms with Gasteiger partial charge in [-0.15, -0.1) is 10.2 Å². The van der Waals surface area contributed by atoms with Crippen LogP contribution in [0.5, 0.6) is 5.75 Å². The van der Waals surface area contributed by atoms with E-state index in [2.05, 4.69) is 15.1 Å². The number of nitrogens with zero attached hydrogens (tertiary/aromatic N) is 5. The van der Waals surface area contributed by atoms with Crippen LogP contribution in [0.15, 0.2) is 59.2 Å². The Bertz CT molecular complexity index is 1090. The molecule has 1 saturated heterocycles. The molecule has 0 radical (unpaired) electrons. The number of anilines is 1. The molecule has 34 heavy (non-hydrogen) atoms. The van der Waals surface area contributed by atoms with Crippen LogP contribution in [0.2, 0.25) is 0 Å². The average Bonchev–Trinajstić information content (AvgIpc) is 3.42. The molecule has 0 saturated carbocycles. The standard InChI is InChI=1S/C25H29N5O4/c1-18(2)30(25(32)22-5-4-16-34-22)17-24(31)29-14-12-28(13-15-29)23-11-10-21(26-27-23)19-6-8-20(33-3)9-7-19/h4-11,16,18H,12-15,17H2,1-3H3. The summed E-state index contributed by atoms with van der Waals surface area (Å²) in [5.41, 5.74) is 1.75. The lowest BCUT2D eigenvalue weighted by atomic mass is 10.1. The molecule has 9 heteroatoms. The topological polar surface area (TPSA) is 92.0 Å². The largest absolute Gasteiger partial charge is 0.497 e. The lowest BCUT2D eigenvalue weighted by molar-refractivity contribution is -0.132. The summed E-state index contributed by atoms with van der Waals surface area (Å²) in [7, 11) is 1.64. The molecule has 3 aromatic rings. The van der Waals surface area contributed by atoms with E-state index in [1.54, 1.807) is 24.1 Å². The number of carbonyl (C=O) groups excluding carboxylic acids is 2. The maximum absolute atomic E-state index is 12.9. The molecule has 1 fully saturated rings. The van der Waals surface area contributed by atoms with Crippen LogP contribution >= 0.6 is 0 Å². The predicted octanol–water partition coefficient (Wildman–Crippen LogP) is 2.94. The van der Waals surface area contributed by atoms with Gasteiger partial charge in [-0.3, -0.25) is 9.59 Å². The van der Waals surface area contributed by atoms with Crippen LogP contribution in [0, 0.1) is 0 Å². The van der Waals surface area contributed by atoms with E-state index in [0.717, 1.165) is 22.8 Å². The first-order chi connectivity index (χ1) is 16.5. The Hall–Kier alpha value is -3.88. The van der Waals surface area contributed by atoms with E-state index >= 15 is 0 Å². The Morgan fingerprint density at radius 3 is 2.32 bits per heavy atom. The van der Waals surface area contributed by atoms with Crippen LogP contribution < -0.4 is 9.64 Å². The summed E-state index contributed by atoms with van der Waals surface area (Å²) in [5.74, 6) is 1.46. The first-order valence-corrected chi connectivity index (χ1v) is 11.3. The predicted molar refractivity (Wildman–Crippen MR) is 128 cm³/mol. The molecule has 3 heterocycles. The normalized spacial score (nSPS) is 13.8. The summed E-state index contributed by atoms with van der Waals surface area (Å²) in [6, 6.07) is 14.7. The van der Waals surface area contributed by atoms with Crippen molar-refractivity contribution >= 4 is 17.6 Å². The zero-order chi connectivity index (χ0) is 24.1. The summed E-state index contributed by atoms with van der Waals surface area (Å²) >= 11 is 0. The number of amides is 2. The highest BCUT2D eigenvalue weighted by Crippen LogP contribution is 2.22. The minimum Gasteiger partial charge on any atom is -0.497 e. The smallest absolute Gasteiger partial charge is 0.290 e. The van der Waals surface area contributed by atoms with Crippen molar-refractivity contribution < 1.29 is 18.7 Å². The number of benzene rings is 1. The summed E-state index contributed by atoms with van der Waals surface area (Å²) in [6.45, 7) is 6.21. The number of rotatable bonds is 7. The SMILES string of the molecule is COc1ccc(-c2ccc(N3CCN(C(=O)CN(C(=O)c4ccco4)C(C)C)CC3)nn2)cc1. The second kappa shape index (κ2) is 10.4. The number of ether oxygens (including phenoxy) is 1. The highest BCUT2D eigenvalue weighted by atomic mass is 16.5. The third-order valence-corrected chi connectivity index (χ3v) is 5.91. The average molecular weight is 464 g/mol. The van der Waals surface area contributed by atoms with Gasteiger partial charge in [-0.1, -0.05) is 0 Å². The third-order valence-electron chi connectivity index (χ3n) is 5.91. The zero-order valence-electron chi connectivity index (χ0n) is 19.7. The number of piperazine rings is 1. The van der Waals surface area contributed by atoms with Crippen LogP contribution in [0.25, 0.3) is 11.3 Å². The molecule has 2 aromatic heterocycles. The van der Waals surface area contributed by atoms with Crippen LogP contribution in [-0.2, 0) is 4.79 Å². The van der Waals surface area contributed by atoms with Gasteiger partial charge in [-0.25, -0.2) is 0 Å². The van der Waals surface area contributed by atoms with E-state index in [1.165, 1.54) is 11.2 Å². The van der Waals surface area contributed by atoms with Crippen LogP contribution in [0.4, 0.5) is 5.82 Å². The molecule has 0 N–H and O–H groups in total. The van der Waals surface area contributed by atoms with Crippen LogP contribution in [0.1, 0.15) is 24.4 Å². The molecule has 0 bridgehead atoms. The minimum absolute atomic E-state index is 0.0214. The van der Waals surface area contributed by atoms with E-state index in [4.69, 9.17) is 9.15 Å². The molecule has 178 valence electrons. The first kappa shape index (κ1) is 23.3. The quantitative estimate of drug-likeness (QED) is 0.532. The van der Waals surface area contributed by atoms with Crippen molar-refractivity contribution in [1.29, 1.82) is 0 Å². The maximum Gasteiger partial charge on any atom is 0.290 e. The fraction of sp³-hybridized carbons (Fsp3) is 0.360. The van der Waals surface area contributed by atoms with Crippen molar-refractivity contribution in [1.82, 2.24) is 20.0 Å². The highest BCUT2D eigenvalue weighted by Gasteiger charge is 2.28. The Labute approximate surface area is 198 Å². The summed E-state index contributed by atoms with van der Waals surface area (Å²) in [5, 5.41) is 8.76. The van der Waals surface area contributed by atoms with Crippen molar-refractivity contribution in [2.75, 3.05) is 44.7 Å². The number of hydrogen-bond donors (Lipinski definition) is 0. The van der Waals surface area contributed by atoms with E-state index in [1.807, 2.05) is 50.2 Å². The van der Waals surface area contributed by atoms with Gasteiger partial charge in [0.15, 0.2) is 11.6 Å². The summed E-state index contributed by atoms with van der Waals surface area (Å²) < 4.78 is 10.4. The van der Waals surface area contributed by atoms with Gasteiger partial charge in [-0.05, 0) is 62.4 Å². The fourth-order valence-corrected chi connectivity index (χ4v) is 3.87. The molecule has 2 amide bonds. The van der Waals surface area contributed by atoms with E-state index in [-0.39, 0.29) is 30.2 Å². The molecule has 4 rings (SSSR count). The summed E-state index contributed by atoms with van der Waals surface area (Å²) in [6.07, 6.45) is 1.46. The second-order valence-corrected chi connectivity index (χ2v) is 8.38. The monoisotopic (exact) mass is 463 g/mol. The molecule has 0 aliphatic carbocycles. The van der Waals surface area contributed by atoms with E-state index in [0.29, 0.717) is 26.2 Å². The van der Waals surface area contributed by atoms with Gasteiger partial charge in [0.2, 0.25) is 5.91 Å². The van der Waals surface area contributed by atoms with Crippen molar-refractivity contribution in [3.8, 4) is 17.0 Å². The van der Waals surface area contributed by atoms with Crippen molar-refractivity contribution in [2.45, 2.75) is 19.9 Å². The molecule has 0 spiro atoms. The molecule has 0 atom stereocenters. The van der Waals surface area contributed by atoms with Gasteiger partial charge in [0, 0.05) is 37.8 Å². The lowest BCUT2D eigenvalue weighted by Crippen LogP contribution is -2.53. The summed E-state index contributed by atoms with van der Waals surface area (Å²) in [4.78, 5) is 31.1. The molecule has 0 unspecified atom stereocenters. The lowest BCUT2D eigenvalue weighted by Gasteiger charge is -2.36. The molecular formula is C25H29N5O4. The maximum atomic E-state index is 12.9. The van der Waals surface area contributed by atoms with Gasteiger partial charge < -0.3 is 23.9 Å². The van der Waals surface area contributed by atoms with Crippen molar-refractivity contribution in [3.63, 3.8) is 0 Å². The highest BCUT2D eigenvalue weighted by molar-refractivity contribution is 5.94. The third kappa shape index (κ3) is 5.19. The van der Waals surface area contributed by atoms with Crippen molar-refractivity contribution in [2.24, 2.45) is 0 Å². The number of furan rings is 1. The first-order valence-electron chi connectivity index (χ1n) is 11.3. The van der Waals surface area contributed by atoms with Gasteiger partial charge >= 0.3 is 0 Å². The Morgan fingerprint density at radius 2 is 1.76 bits per heavy atom. The zero-order valence-corrected chi connectivity index (χ0v) is 19.7. The minimum atomic E-state index is -0.279. The van der Waals surface area contributed by atoms with E-state index < -0.39 is 0 Å². The van der Waals surface area contributed by atoms with Gasteiger partial charge in [0.1, 0.15) is 12.3 Å². The second-order valence-electron chi connectivity index (χ2n) is 8.38. The molecule has 1 aliphatic rings. The molecule has 9 nitrogen and oxygen atoms in total. The number of aromatic nitrogens is 2. The Balaban J connectivity index is 1.33. The van der Waals surface area contributed by atoms with Crippen LogP contribution in [-0.4, -0.2) is 77.7 Å². The van der Waals surface area contributed by atoms with Crippen LogP contribution in [0.3, 0.4) is 0 Å². The van der Waals surface area contributed by atoms with Gasteiger partial charge in [-0.2, -0.15) is 0 Å². The van der Waals surface area contributed by atoms with Crippen molar-refractivity contribution in [3.05, 3.63) is 60.6 Å². The van der Waals surface area contributed by atoms with Gasteiger partial charge in [0.25, 0.3) is 5.91 Å². The van der Waals surface area contributed by atoms with E-state index in [9.17, 15) is 9.59 Å². The number of carbonyl (C=O) groups is 2. The Kier molecular flexibility index (Phi) is 7.10. The molecule has 1 aromatic carbocycles. The number of hydrogen-bond acceptors (Lipinski definition) is 7. The van der Waals surface area contributed by atoms with Gasteiger partial charge in [0.05, 0.1) is 19.1 Å². The fourth-order valence-electron chi connectivity index (χ4n) is 3.87. The Morgan fingerprint density at radius 1 is 1.03 bits per heavy atom. The molecule has 1 aliphatic heterocycles. The molecular weight excluding hydrogens is 434 g/mol. The number of methoxy groups -OCH3 is 1.